The lowest BCUT2D eigenvalue weighted by Gasteiger charge is -1.82. The second-order valence-electron chi connectivity index (χ2n) is 1.14. The van der Waals surface area contributed by atoms with Crippen LogP contribution < -0.4 is 0 Å². The quantitative estimate of drug-likeness (QED) is 0.534. The van der Waals surface area contributed by atoms with Gasteiger partial charge in [0.25, 0.3) is 0 Å². The molecule has 0 radical (unpaired) electrons. The fourth-order valence-electron chi connectivity index (χ4n) is 0.163. The van der Waals surface area contributed by atoms with Crippen LogP contribution in [-0.2, 0) is 0 Å². The van der Waals surface area contributed by atoms with Gasteiger partial charge in [-0.3, -0.25) is 9.59 Å². The van der Waals surface area contributed by atoms with Gasteiger partial charge in [0.1, 0.15) is 0 Å². The minimum absolute atomic E-state index is 0.456. The number of hydrogen-bond donors (Lipinski definition) is 0. The Morgan fingerprint density at radius 1 is 1.00 bits per heavy atom. The summed E-state index contributed by atoms with van der Waals surface area (Å²) in [5.74, 6) is 0. The van der Waals surface area contributed by atoms with E-state index in [1.165, 1.54) is 0 Å². The van der Waals surface area contributed by atoms with Crippen molar-refractivity contribution < 1.29 is 9.59 Å². The minimum Gasteiger partial charge on any atom is -0.258 e. The lowest BCUT2D eigenvalue weighted by atomic mass is 11.3. The van der Waals surface area contributed by atoms with Crippen molar-refractivity contribution in [2.24, 2.45) is 10.2 Å². The molecule has 0 aliphatic heterocycles. The van der Waals surface area contributed by atoms with Crippen LogP contribution in [0, 0.1) is 0 Å². The van der Waals surface area contributed by atoms with Gasteiger partial charge in [-0.25, -0.2) is 0 Å². The third-order valence-electron chi connectivity index (χ3n) is 0.563. The molecule has 0 aliphatic rings. The average molecular weight is 178 g/mol. The van der Waals surface area contributed by atoms with E-state index in [0.717, 1.165) is 23.5 Å². The fourth-order valence-corrected chi connectivity index (χ4v) is 0.408. The van der Waals surface area contributed by atoms with E-state index in [2.05, 4.69) is 10.2 Å². The molecule has 2 amide bonds. The van der Waals surface area contributed by atoms with E-state index >= 15 is 0 Å². The van der Waals surface area contributed by atoms with Crippen LogP contribution in [0.2, 0.25) is 0 Å². The van der Waals surface area contributed by atoms with Gasteiger partial charge in [0, 0.05) is 0 Å². The van der Waals surface area contributed by atoms with Crippen molar-refractivity contribution in [1.29, 1.82) is 0 Å². The van der Waals surface area contributed by atoms with Crippen LogP contribution in [0.1, 0.15) is 0 Å². The molecule has 0 aromatic rings. The number of azo groups is 1. The third-order valence-corrected chi connectivity index (χ3v) is 1.42. The van der Waals surface area contributed by atoms with E-state index in [9.17, 15) is 9.59 Å². The van der Waals surface area contributed by atoms with Crippen molar-refractivity contribution in [2.75, 3.05) is 12.5 Å². The largest absolute Gasteiger partial charge is 0.323 e. The minimum atomic E-state index is -0.456. The van der Waals surface area contributed by atoms with Crippen LogP contribution >= 0.6 is 23.5 Å². The number of rotatable bonds is 0. The topological polar surface area (TPSA) is 58.9 Å². The zero-order valence-corrected chi connectivity index (χ0v) is 7.16. The Hall–Kier alpha value is -0.360. The normalized spacial score (nSPS) is 10.2. The van der Waals surface area contributed by atoms with Crippen LogP contribution in [0.25, 0.3) is 0 Å². The number of amides is 2. The maximum Gasteiger partial charge on any atom is 0.323 e. The first kappa shape index (κ1) is 9.64. The number of carbonyl (C=O) groups excluding carboxylic acids is 2. The van der Waals surface area contributed by atoms with Gasteiger partial charge >= 0.3 is 10.5 Å². The summed E-state index contributed by atoms with van der Waals surface area (Å²) in [6.07, 6.45) is 3.15. The molecule has 0 aromatic heterocycles. The van der Waals surface area contributed by atoms with Gasteiger partial charge in [-0.2, -0.15) is 0 Å². The van der Waals surface area contributed by atoms with Gasteiger partial charge in [-0.15, -0.1) is 0 Å². The van der Waals surface area contributed by atoms with Crippen LogP contribution in [0.15, 0.2) is 10.2 Å². The van der Waals surface area contributed by atoms with E-state index in [-0.39, 0.29) is 0 Å². The van der Waals surface area contributed by atoms with Crippen molar-refractivity contribution in [3.63, 3.8) is 0 Å². The molecule has 0 fully saturated rings. The Kier molecular flexibility index (Phi) is 5.23. The van der Waals surface area contributed by atoms with Crippen molar-refractivity contribution in [3.05, 3.63) is 0 Å². The molecular formula is C4H6N2O2S2. The zero-order chi connectivity index (χ0) is 7.98. The first-order chi connectivity index (χ1) is 4.70. The van der Waals surface area contributed by atoms with E-state index in [4.69, 9.17) is 0 Å². The van der Waals surface area contributed by atoms with Crippen LogP contribution in [0.3, 0.4) is 0 Å². The molecular weight excluding hydrogens is 172 g/mol. The summed E-state index contributed by atoms with van der Waals surface area (Å²) in [5.41, 5.74) is 0. The van der Waals surface area contributed by atoms with E-state index in [1.54, 1.807) is 12.5 Å². The van der Waals surface area contributed by atoms with Crippen LogP contribution in [0.4, 0.5) is 9.59 Å². The maximum absolute atomic E-state index is 10.4. The molecule has 10 heavy (non-hydrogen) atoms. The molecule has 0 aliphatic carbocycles. The second kappa shape index (κ2) is 5.43. The van der Waals surface area contributed by atoms with Crippen molar-refractivity contribution in [3.8, 4) is 0 Å². The molecule has 0 aromatic carbocycles. The number of carbonyl (C=O) groups is 2. The molecule has 0 bridgehead atoms. The molecule has 0 saturated carbocycles. The van der Waals surface area contributed by atoms with Gasteiger partial charge in [-0.05, 0) is 12.5 Å². The fraction of sp³-hybridized carbons (Fsp3) is 0.500. The maximum atomic E-state index is 10.4. The Morgan fingerprint density at radius 2 is 1.30 bits per heavy atom. The summed E-state index contributed by atoms with van der Waals surface area (Å²) >= 11 is 1.83. The third kappa shape index (κ3) is 4.51. The molecule has 0 heterocycles. The van der Waals surface area contributed by atoms with E-state index in [1.807, 2.05) is 0 Å². The average Bonchev–Trinajstić information content (AvgIpc) is 1.99. The van der Waals surface area contributed by atoms with Crippen molar-refractivity contribution in [1.82, 2.24) is 0 Å². The van der Waals surface area contributed by atoms with Gasteiger partial charge < -0.3 is 0 Å². The van der Waals surface area contributed by atoms with E-state index in [0.29, 0.717) is 0 Å². The number of thioether (sulfide) groups is 2. The van der Waals surface area contributed by atoms with Gasteiger partial charge in [0.2, 0.25) is 0 Å². The standard InChI is InChI=1S/C4H6N2O2S2/c1-9-3(7)5-6-4(8)10-2/h1-2H3/b6-5+. The Balaban J connectivity index is 3.75. The summed E-state index contributed by atoms with van der Waals surface area (Å²) in [6, 6.07) is 0. The molecule has 56 valence electrons. The molecule has 0 rings (SSSR count). The molecule has 0 saturated heterocycles. The van der Waals surface area contributed by atoms with Crippen LogP contribution in [-0.4, -0.2) is 23.0 Å². The number of hydrogen-bond acceptors (Lipinski definition) is 4. The molecule has 0 unspecified atom stereocenters. The van der Waals surface area contributed by atoms with E-state index < -0.39 is 10.5 Å². The Bertz CT molecular complexity index is 151. The highest BCUT2D eigenvalue weighted by Gasteiger charge is 1.96. The smallest absolute Gasteiger partial charge is 0.258 e. The predicted molar refractivity (Wildman–Crippen MR) is 42.7 cm³/mol. The summed E-state index contributed by atoms with van der Waals surface area (Å²) in [5, 5.41) is 5.27. The highest BCUT2D eigenvalue weighted by atomic mass is 32.2. The molecule has 0 N–H and O–H groups in total. The Morgan fingerprint density at radius 3 is 1.50 bits per heavy atom. The zero-order valence-electron chi connectivity index (χ0n) is 5.53. The second-order valence-corrected chi connectivity index (χ2v) is 2.66. The first-order valence-corrected chi connectivity index (χ1v) is 4.73. The first-order valence-electron chi connectivity index (χ1n) is 2.28. The van der Waals surface area contributed by atoms with Crippen LogP contribution in [0.5, 0.6) is 0 Å². The molecule has 4 nitrogen and oxygen atoms in total. The lowest BCUT2D eigenvalue weighted by molar-refractivity contribution is 0.261. The number of nitrogens with zero attached hydrogens (tertiary/aromatic N) is 2. The van der Waals surface area contributed by atoms with Gasteiger partial charge in [0.15, 0.2) is 0 Å². The van der Waals surface area contributed by atoms with Gasteiger partial charge in [0.05, 0.1) is 0 Å². The Labute approximate surface area is 66.9 Å². The molecule has 0 spiro atoms. The monoisotopic (exact) mass is 178 g/mol. The summed E-state index contributed by atoms with van der Waals surface area (Å²) in [6.45, 7) is 0. The molecule has 6 heteroatoms. The highest BCUT2D eigenvalue weighted by molar-refractivity contribution is 8.13. The van der Waals surface area contributed by atoms with Gasteiger partial charge in [-0.1, -0.05) is 33.8 Å². The van der Waals surface area contributed by atoms with Crippen molar-refractivity contribution >= 4 is 34.0 Å². The summed E-state index contributed by atoms with van der Waals surface area (Å²) < 4.78 is 0. The van der Waals surface area contributed by atoms with Crippen molar-refractivity contribution in [2.45, 2.75) is 0 Å². The highest BCUT2D eigenvalue weighted by Crippen LogP contribution is 2.03. The summed E-state index contributed by atoms with van der Waals surface area (Å²) in [4.78, 5) is 20.7. The summed E-state index contributed by atoms with van der Waals surface area (Å²) in [7, 11) is 0. The molecule has 0 atom stereocenters. The lowest BCUT2D eigenvalue weighted by Crippen LogP contribution is -1.81. The predicted octanol–water partition coefficient (Wildman–Crippen LogP) is 2.40. The SMILES string of the molecule is CSC(=O)/N=N/C(=O)SC.